The van der Waals surface area contributed by atoms with Gasteiger partial charge in [-0.3, -0.25) is 9.59 Å². The van der Waals surface area contributed by atoms with Crippen LogP contribution in [0.25, 0.3) is 0 Å². The van der Waals surface area contributed by atoms with Gasteiger partial charge >= 0.3 is 5.97 Å². The summed E-state index contributed by atoms with van der Waals surface area (Å²) in [6, 6.07) is 1.80. The minimum absolute atomic E-state index is 0.0562. The molecule has 1 amide bonds. The first kappa shape index (κ1) is 18.9. The molecule has 0 bridgehead atoms. The lowest BCUT2D eigenvalue weighted by Crippen LogP contribution is -2.46. The van der Waals surface area contributed by atoms with Crippen LogP contribution in [0.5, 0.6) is 0 Å². The largest absolute Gasteiger partial charge is 0.481 e. The number of hydrogen-bond acceptors (Lipinski definition) is 6. The number of piperazine rings is 1. The molecule has 23 heavy (non-hydrogen) atoms. The van der Waals surface area contributed by atoms with E-state index in [1.807, 2.05) is 0 Å². The molecule has 1 fully saturated rings. The molecule has 0 aromatic heterocycles. The van der Waals surface area contributed by atoms with Crippen molar-refractivity contribution in [2.24, 2.45) is 0 Å². The summed E-state index contributed by atoms with van der Waals surface area (Å²) in [6.45, 7) is 1.56. The van der Waals surface area contributed by atoms with Crippen molar-refractivity contribution in [1.82, 2.24) is 14.5 Å². The third-order valence-corrected chi connectivity index (χ3v) is 4.58. The quantitative estimate of drug-likeness (QED) is 0.342. The number of carboxylic acids is 1. The second kappa shape index (κ2) is 8.50. The van der Waals surface area contributed by atoms with E-state index in [1.54, 1.807) is 11.0 Å². The molecule has 1 saturated heterocycles. The van der Waals surface area contributed by atoms with Crippen molar-refractivity contribution in [2.45, 2.75) is 12.8 Å². The van der Waals surface area contributed by atoms with Crippen molar-refractivity contribution >= 4 is 21.9 Å². The van der Waals surface area contributed by atoms with E-state index in [0.717, 1.165) is 6.26 Å². The molecule has 1 heterocycles. The summed E-state index contributed by atoms with van der Waals surface area (Å²) in [5, 5.41) is 20.0. The van der Waals surface area contributed by atoms with Crippen LogP contribution in [0.2, 0.25) is 0 Å². The fraction of sp³-hybridized carbons (Fsp3) is 0.615. The van der Waals surface area contributed by atoms with E-state index in [2.05, 4.69) is 5.32 Å². The summed E-state index contributed by atoms with van der Waals surface area (Å²) in [5.74, 6) is -1.51. The minimum atomic E-state index is -3.23. The summed E-state index contributed by atoms with van der Waals surface area (Å²) in [7, 11) is -3.23. The number of carbonyl (C=O) groups excluding carboxylic acids is 1. The van der Waals surface area contributed by atoms with Gasteiger partial charge in [-0.2, -0.15) is 9.57 Å². The molecule has 2 N–H and O–H groups in total. The van der Waals surface area contributed by atoms with Crippen LogP contribution in [-0.4, -0.2) is 73.6 Å². The summed E-state index contributed by atoms with van der Waals surface area (Å²) >= 11 is 0. The average molecular weight is 344 g/mol. The van der Waals surface area contributed by atoms with Crippen molar-refractivity contribution in [3.05, 3.63) is 11.8 Å². The summed E-state index contributed by atoms with van der Waals surface area (Å²) in [6.07, 6.45) is 2.78. The first-order valence-electron chi connectivity index (χ1n) is 7.05. The molecule has 0 saturated carbocycles. The van der Waals surface area contributed by atoms with Gasteiger partial charge in [-0.25, -0.2) is 8.42 Å². The molecule has 9 nitrogen and oxygen atoms in total. The number of carbonyl (C=O) groups is 2. The molecule has 0 aliphatic carbocycles. The van der Waals surface area contributed by atoms with Gasteiger partial charge in [0, 0.05) is 45.3 Å². The van der Waals surface area contributed by atoms with Gasteiger partial charge in [0.25, 0.3) is 5.91 Å². The van der Waals surface area contributed by atoms with E-state index in [-0.39, 0.29) is 25.0 Å². The highest BCUT2D eigenvalue weighted by Crippen LogP contribution is 2.08. The predicted octanol–water partition coefficient (Wildman–Crippen LogP) is -1.05. The number of amides is 1. The molecule has 128 valence electrons. The fourth-order valence-electron chi connectivity index (χ4n) is 2.02. The van der Waals surface area contributed by atoms with E-state index < -0.39 is 21.9 Å². The fourth-order valence-corrected chi connectivity index (χ4v) is 2.85. The molecule has 0 radical (unpaired) electrons. The van der Waals surface area contributed by atoms with E-state index in [9.17, 15) is 18.0 Å². The monoisotopic (exact) mass is 344 g/mol. The van der Waals surface area contributed by atoms with Crippen molar-refractivity contribution in [2.75, 3.05) is 39.0 Å². The Balaban J connectivity index is 2.51. The maximum absolute atomic E-state index is 11.8. The highest BCUT2D eigenvalue weighted by atomic mass is 32.2. The topological polar surface area (TPSA) is 131 Å². The molecule has 1 aliphatic heterocycles. The Bertz CT molecular complexity index is 615. The van der Waals surface area contributed by atoms with E-state index >= 15 is 0 Å². The van der Waals surface area contributed by atoms with Gasteiger partial charge < -0.3 is 15.3 Å². The van der Waals surface area contributed by atoms with Gasteiger partial charge in [-0.05, 0) is 6.42 Å². The van der Waals surface area contributed by atoms with Gasteiger partial charge in [-0.1, -0.05) is 0 Å². The Labute approximate surface area is 135 Å². The van der Waals surface area contributed by atoms with Gasteiger partial charge in [0.05, 0.1) is 6.26 Å². The molecular weight excluding hydrogens is 324 g/mol. The van der Waals surface area contributed by atoms with Gasteiger partial charge in [-0.15, -0.1) is 0 Å². The van der Waals surface area contributed by atoms with Crippen LogP contribution in [-0.2, 0) is 19.6 Å². The highest BCUT2D eigenvalue weighted by Gasteiger charge is 2.22. The zero-order valence-electron chi connectivity index (χ0n) is 12.9. The average Bonchev–Trinajstić information content (AvgIpc) is 2.48. The van der Waals surface area contributed by atoms with Crippen LogP contribution in [0, 0.1) is 11.3 Å². The molecule has 1 aliphatic rings. The Morgan fingerprint density at radius 3 is 2.39 bits per heavy atom. The number of carboxylic acid groups (broad SMARTS) is 1. The normalized spacial score (nSPS) is 16.7. The van der Waals surface area contributed by atoms with E-state index in [4.69, 9.17) is 10.4 Å². The third-order valence-electron chi connectivity index (χ3n) is 3.27. The molecule has 10 heteroatoms. The maximum Gasteiger partial charge on any atom is 0.303 e. The van der Waals surface area contributed by atoms with Crippen LogP contribution >= 0.6 is 0 Å². The Morgan fingerprint density at radius 1 is 1.30 bits per heavy atom. The first-order valence-corrected chi connectivity index (χ1v) is 8.90. The molecular formula is C13H20N4O5S. The zero-order chi connectivity index (χ0) is 17.5. The number of hydrogen-bond donors (Lipinski definition) is 2. The van der Waals surface area contributed by atoms with Gasteiger partial charge in [0.2, 0.25) is 10.0 Å². The Hall–Kier alpha value is -2.12. The van der Waals surface area contributed by atoms with Crippen LogP contribution in [0.1, 0.15) is 12.8 Å². The Morgan fingerprint density at radius 2 is 1.91 bits per heavy atom. The summed E-state index contributed by atoms with van der Waals surface area (Å²) < 4.78 is 24.2. The number of sulfonamides is 1. The van der Waals surface area contributed by atoms with Crippen LogP contribution in [0.15, 0.2) is 11.8 Å². The van der Waals surface area contributed by atoms with Crippen molar-refractivity contribution in [1.29, 1.82) is 5.26 Å². The smallest absolute Gasteiger partial charge is 0.303 e. The lowest BCUT2D eigenvalue weighted by Gasteiger charge is -2.32. The lowest BCUT2D eigenvalue weighted by molar-refractivity contribution is -0.137. The molecule has 0 unspecified atom stereocenters. The second-order valence-corrected chi connectivity index (χ2v) is 7.09. The van der Waals surface area contributed by atoms with Crippen molar-refractivity contribution < 1.29 is 23.1 Å². The number of rotatable bonds is 7. The van der Waals surface area contributed by atoms with E-state index in [1.165, 1.54) is 10.5 Å². The first-order chi connectivity index (χ1) is 10.7. The van der Waals surface area contributed by atoms with Crippen molar-refractivity contribution in [3.63, 3.8) is 0 Å². The molecule has 0 aromatic carbocycles. The van der Waals surface area contributed by atoms with Gasteiger partial charge in [0.1, 0.15) is 11.6 Å². The maximum atomic E-state index is 11.8. The van der Waals surface area contributed by atoms with E-state index in [0.29, 0.717) is 26.2 Å². The number of nitrogens with zero attached hydrogens (tertiary/aromatic N) is 3. The number of aliphatic carboxylic acids is 1. The number of nitrogens with one attached hydrogen (secondary N) is 1. The highest BCUT2D eigenvalue weighted by molar-refractivity contribution is 7.88. The Kier molecular flexibility index (Phi) is 6.99. The van der Waals surface area contributed by atoms with Gasteiger partial charge in [0.15, 0.2) is 0 Å². The summed E-state index contributed by atoms with van der Waals surface area (Å²) in [4.78, 5) is 23.9. The molecule has 0 aromatic rings. The SMILES string of the molecule is CS(=O)(=O)N1CCN(/C=C(/C#N)C(=O)NCCCC(=O)O)CC1. The predicted molar refractivity (Wildman–Crippen MR) is 81.6 cm³/mol. The minimum Gasteiger partial charge on any atom is -0.481 e. The third kappa shape index (κ3) is 6.66. The molecule has 0 spiro atoms. The van der Waals surface area contributed by atoms with Crippen LogP contribution in [0.4, 0.5) is 0 Å². The summed E-state index contributed by atoms with van der Waals surface area (Å²) in [5.41, 5.74) is -0.0897. The molecule has 1 rings (SSSR count). The molecule has 0 atom stereocenters. The van der Waals surface area contributed by atoms with Crippen LogP contribution in [0.3, 0.4) is 0 Å². The second-order valence-electron chi connectivity index (χ2n) is 5.11. The zero-order valence-corrected chi connectivity index (χ0v) is 13.7. The number of nitriles is 1. The van der Waals surface area contributed by atoms with Crippen molar-refractivity contribution in [3.8, 4) is 6.07 Å². The standard InChI is InChI=1S/C13H20N4O5S/c1-23(21,22)17-7-5-16(6-8-17)10-11(9-14)13(20)15-4-2-3-12(18)19/h10H,2-8H2,1H3,(H,15,20)(H,18,19)/b11-10-. The lowest BCUT2D eigenvalue weighted by atomic mass is 10.2. The van der Waals surface area contributed by atoms with Crippen LogP contribution < -0.4 is 5.32 Å².